The molecule has 0 radical (unpaired) electrons. The fraction of sp³-hybridized carbons (Fsp3) is 0.391. The zero-order chi connectivity index (χ0) is 21.0. The highest BCUT2D eigenvalue weighted by atomic mass is 32.2. The van der Waals surface area contributed by atoms with E-state index in [4.69, 9.17) is 14.7 Å². The Kier molecular flexibility index (Phi) is 6.18. The SMILES string of the molecule is COc1ccc(NC(=O)CSC2=NC3(CCCCC3)N=C2c2ccc(C)cc2)cn1. The summed E-state index contributed by atoms with van der Waals surface area (Å²) in [6.45, 7) is 2.07. The first-order valence-electron chi connectivity index (χ1n) is 10.3. The Hall–Kier alpha value is -2.67. The van der Waals surface area contributed by atoms with E-state index >= 15 is 0 Å². The Labute approximate surface area is 181 Å². The number of aromatic nitrogens is 1. The van der Waals surface area contributed by atoms with Crippen molar-refractivity contribution in [3.8, 4) is 5.88 Å². The molecule has 7 heteroatoms. The summed E-state index contributed by atoms with van der Waals surface area (Å²) in [5.74, 6) is 0.688. The lowest BCUT2D eigenvalue weighted by Crippen LogP contribution is -2.25. The molecule has 1 fully saturated rings. The molecule has 30 heavy (non-hydrogen) atoms. The smallest absolute Gasteiger partial charge is 0.234 e. The number of benzene rings is 1. The fourth-order valence-electron chi connectivity index (χ4n) is 3.77. The summed E-state index contributed by atoms with van der Waals surface area (Å²) in [5, 5.41) is 3.74. The molecule has 6 nitrogen and oxygen atoms in total. The summed E-state index contributed by atoms with van der Waals surface area (Å²) in [6.07, 6.45) is 7.10. The summed E-state index contributed by atoms with van der Waals surface area (Å²) >= 11 is 1.46. The Bertz CT molecular complexity index is 962. The van der Waals surface area contributed by atoms with Gasteiger partial charge in [0, 0.05) is 11.6 Å². The summed E-state index contributed by atoms with van der Waals surface area (Å²) in [4.78, 5) is 26.7. The van der Waals surface area contributed by atoms with Crippen LogP contribution in [0.3, 0.4) is 0 Å². The highest BCUT2D eigenvalue weighted by Crippen LogP contribution is 2.38. The average molecular weight is 423 g/mol. The van der Waals surface area contributed by atoms with Crippen molar-refractivity contribution >= 4 is 34.1 Å². The van der Waals surface area contributed by atoms with Crippen LogP contribution < -0.4 is 10.1 Å². The zero-order valence-corrected chi connectivity index (χ0v) is 18.2. The second kappa shape index (κ2) is 9.00. The van der Waals surface area contributed by atoms with Gasteiger partial charge in [0.1, 0.15) is 5.04 Å². The van der Waals surface area contributed by atoms with Crippen molar-refractivity contribution in [2.45, 2.75) is 44.7 Å². The summed E-state index contributed by atoms with van der Waals surface area (Å²) in [5.41, 5.74) is 3.50. The van der Waals surface area contributed by atoms with Crippen LogP contribution in [0.15, 0.2) is 52.6 Å². The number of rotatable bonds is 5. The maximum absolute atomic E-state index is 12.5. The number of pyridine rings is 1. The number of methoxy groups -OCH3 is 1. The van der Waals surface area contributed by atoms with Gasteiger partial charge in [-0.05, 0) is 38.7 Å². The standard InChI is InChI=1S/C23H26N4O2S/c1-16-6-8-17(9-7-16)21-22(27-23(26-21)12-4-3-5-13-23)30-15-19(28)25-18-10-11-20(29-2)24-14-18/h6-11,14H,3-5,12-13,15H2,1-2H3,(H,25,28). The van der Waals surface area contributed by atoms with Gasteiger partial charge in [0.2, 0.25) is 11.8 Å². The lowest BCUT2D eigenvalue weighted by atomic mass is 9.90. The molecule has 1 aromatic carbocycles. The lowest BCUT2D eigenvalue weighted by molar-refractivity contribution is -0.113. The predicted molar refractivity (Wildman–Crippen MR) is 123 cm³/mol. The van der Waals surface area contributed by atoms with Crippen molar-refractivity contribution in [2.24, 2.45) is 9.98 Å². The number of nitrogens with one attached hydrogen (secondary N) is 1. The van der Waals surface area contributed by atoms with E-state index in [9.17, 15) is 4.79 Å². The van der Waals surface area contributed by atoms with Gasteiger partial charge in [0.25, 0.3) is 0 Å². The van der Waals surface area contributed by atoms with Crippen LogP contribution >= 0.6 is 11.8 Å². The Balaban J connectivity index is 1.47. The molecule has 0 bridgehead atoms. The average Bonchev–Trinajstić information content (AvgIpc) is 3.11. The monoisotopic (exact) mass is 422 g/mol. The number of anilines is 1. The van der Waals surface area contributed by atoms with Crippen LogP contribution in [0.25, 0.3) is 0 Å². The molecule has 2 aromatic rings. The molecule has 0 saturated heterocycles. The van der Waals surface area contributed by atoms with Gasteiger partial charge in [-0.15, -0.1) is 0 Å². The maximum Gasteiger partial charge on any atom is 0.234 e. The normalized spacial score (nSPS) is 17.4. The van der Waals surface area contributed by atoms with Gasteiger partial charge in [0.15, 0.2) is 5.66 Å². The molecule has 0 unspecified atom stereocenters. The number of ether oxygens (including phenoxy) is 1. The zero-order valence-electron chi connectivity index (χ0n) is 17.4. The number of hydrogen-bond acceptors (Lipinski definition) is 6. The molecule has 1 aliphatic heterocycles. The van der Waals surface area contributed by atoms with E-state index in [0.717, 1.165) is 42.0 Å². The van der Waals surface area contributed by atoms with Crippen LogP contribution in [-0.4, -0.2) is 40.2 Å². The van der Waals surface area contributed by atoms with Crippen molar-refractivity contribution in [1.29, 1.82) is 0 Å². The lowest BCUT2D eigenvalue weighted by Gasteiger charge is -2.27. The van der Waals surface area contributed by atoms with Crippen LogP contribution in [0.4, 0.5) is 5.69 Å². The van der Waals surface area contributed by atoms with E-state index in [1.807, 2.05) is 0 Å². The predicted octanol–water partition coefficient (Wildman–Crippen LogP) is 4.63. The third kappa shape index (κ3) is 4.73. The summed E-state index contributed by atoms with van der Waals surface area (Å²) in [6, 6.07) is 11.9. The van der Waals surface area contributed by atoms with Crippen LogP contribution in [0.5, 0.6) is 5.88 Å². The molecular weight excluding hydrogens is 396 g/mol. The van der Waals surface area contributed by atoms with E-state index in [-0.39, 0.29) is 17.3 Å². The first-order valence-corrected chi connectivity index (χ1v) is 11.3. The fourth-order valence-corrected chi connectivity index (χ4v) is 4.65. The van der Waals surface area contributed by atoms with Crippen LogP contribution in [0.1, 0.15) is 43.2 Å². The van der Waals surface area contributed by atoms with E-state index in [1.54, 1.807) is 25.4 Å². The van der Waals surface area contributed by atoms with Gasteiger partial charge in [-0.3, -0.25) is 9.79 Å². The number of aliphatic imine (C=N–C) groups is 2. The van der Waals surface area contributed by atoms with E-state index in [1.165, 1.54) is 23.7 Å². The molecule has 1 N–H and O–H groups in total. The van der Waals surface area contributed by atoms with Crippen molar-refractivity contribution in [3.05, 3.63) is 53.7 Å². The minimum absolute atomic E-state index is 0.0949. The Morgan fingerprint density at radius 2 is 1.87 bits per heavy atom. The largest absolute Gasteiger partial charge is 0.481 e. The molecule has 1 aromatic heterocycles. The number of carbonyl (C=O) groups excluding carboxylic acids is 1. The molecule has 4 rings (SSSR count). The number of hydrogen-bond donors (Lipinski definition) is 1. The number of amides is 1. The number of thioether (sulfide) groups is 1. The Morgan fingerprint density at radius 3 is 2.53 bits per heavy atom. The molecule has 2 aliphatic rings. The maximum atomic E-state index is 12.5. The molecular formula is C23H26N4O2S. The van der Waals surface area contributed by atoms with E-state index in [2.05, 4.69) is 41.5 Å². The second-order valence-electron chi connectivity index (χ2n) is 7.71. The highest BCUT2D eigenvalue weighted by Gasteiger charge is 2.37. The first kappa shape index (κ1) is 20.6. The first-order chi connectivity index (χ1) is 14.6. The highest BCUT2D eigenvalue weighted by molar-refractivity contribution is 8.16. The number of aryl methyl sites for hydroxylation is 1. The van der Waals surface area contributed by atoms with Gasteiger partial charge in [-0.25, -0.2) is 9.98 Å². The molecule has 2 heterocycles. The minimum Gasteiger partial charge on any atom is -0.481 e. The van der Waals surface area contributed by atoms with Crippen molar-refractivity contribution in [1.82, 2.24) is 4.98 Å². The molecule has 156 valence electrons. The van der Waals surface area contributed by atoms with Gasteiger partial charge in [0.05, 0.1) is 30.5 Å². The molecule has 1 aliphatic carbocycles. The van der Waals surface area contributed by atoms with Gasteiger partial charge >= 0.3 is 0 Å². The summed E-state index contributed by atoms with van der Waals surface area (Å²) < 4.78 is 5.05. The van der Waals surface area contributed by atoms with Crippen molar-refractivity contribution in [3.63, 3.8) is 0 Å². The van der Waals surface area contributed by atoms with Crippen molar-refractivity contribution < 1.29 is 9.53 Å². The summed E-state index contributed by atoms with van der Waals surface area (Å²) in [7, 11) is 1.56. The van der Waals surface area contributed by atoms with Crippen LogP contribution in [0, 0.1) is 6.92 Å². The Morgan fingerprint density at radius 1 is 1.10 bits per heavy atom. The van der Waals surface area contributed by atoms with E-state index < -0.39 is 0 Å². The van der Waals surface area contributed by atoms with Crippen molar-refractivity contribution in [2.75, 3.05) is 18.2 Å². The quantitative estimate of drug-likeness (QED) is 0.762. The van der Waals surface area contributed by atoms with E-state index in [0.29, 0.717) is 11.6 Å². The number of carbonyl (C=O) groups is 1. The van der Waals surface area contributed by atoms with Gasteiger partial charge in [-0.1, -0.05) is 48.0 Å². The van der Waals surface area contributed by atoms with Gasteiger partial charge < -0.3 is 10.1 Å². The molecule has 0 atom stereocenters. The molecule has 1 spiro atoms. The third-order valence-corrected chi connectivity index (χ3v) is 6.35. The van der Waals surface area contributed by atoms with Crippen LogP contribution in [0.2, 0.25) is 0 Å². The topological polar surface area (TPSA) is 75.9 Å². The molecule has 1 amide bonds. The van der Waals surface area contributed by atoms with Gasteiger partial charge in [-0.2, -0.15) is 0 Å². The molecule has 1 saturated carbocycles. The second-order valence-corrected chi connectivity index (χ2v) is 8.68. The van der Waals surface area contributed by atoms with Crippen LogP contribution in [-0.2, 0) is 4.79 Å². The number of nitrogens with zero attached hydrogens (tertiary/aromatic N) is 3. The minimum atomic E-state index is -0.336. The third-order valence-electron chi connectivity index (χ3n) is 5.38.